The molecule has 0 bridgehead atoms. The Morgan fingerprint density at radius 1 is 1.07 bits per heavy atom. The van der Waals surface area contributed by atoms with Crippen molar-refractivity contribution in [3.05, 3.63) is 47.5 Å². The minimum Gasteiger partial charge on any atom is -0.350 e. The van der Waals surface area contributed by atoms with Gasteiger partial charge in [-0.15, -0.1) is 0 Å². The van der Waals surface area contributed by atoms with E-state index in [0.717, 1.165) is 11.1 Å². The minimum absolute atomic E-state index is 0.189. The number of hydrogen-bond donors (Lipinski definition) is 1. The number of nitrogens with zero attached hydrogens (tertiary/aromatic N) is 1. The van der Waals surface area contributed by atoms with Crippen molar-refractivity contribution in [2.45, 2.75) is 52.6 Å². The first-order chi connectivity index (χ1) is 12.9. The highest BCUT2D eigenvalue weighted by Gasteiger charge is 2.51. The fraction of sp³-hybridized carbons (Fsp3) is 0.500. The fourth-order valence-corrected chi connectivity index (χ4v) is 3.92. The Hall–Kier alpha value is -2.43. The molecule has 1 aliphatic heterocycles. The standard InChI is InChI=1S/C22H28N2O3/c1-14(2)12-19(20(25)23-13-16-10-8-15(3)9-11-16)24-21(26)17-6-4-5-7-18(17)22(24)27/h4-5,8-11,14,17-19H,6-7,12-13H2,1-3H3,(H,23,25)/t17-,18-,19+/m1/s1. The monoisotopic (exact) mass is 368 g/mol. The van der Waals surface area contributed by atoms with Crippen LogP contribution in [0.2, 0.25) is 0 Å². The first-order valence-electron chi connectivity index (χ1n) is 9.73. The number of rotatable bonds is 6. The molecule has 3 atom stereocenters. The maximum absolute atomic E-state index is 12.9. The molecule has 1 heterocycles. The van der Waals surface area contributed by atoms with Crippen LogP contribution in [0.25, 0.3) is 0 Å². The van der Waals surface area contributed by atoms with Crippen molar-refractivity contribution in [1.29, 1.82) is 0 Å². The van der Waals surface area contributed by atoms with Crippen molar-refractivity contribution in [1.82, 2.24) is 10.2 Å². The van der Waals surface area contributed by atoms with E-state index in [4.69, 9.17) is 0 Å². The molecule has 0 unspecified atom stereocenters. The van der Waals surface area contributed by atoms with E-state index in [2.05, 4.69) is 5.32 Å². The Morgan fingerprint density at radius 2 is 1.63 bits per heavy atom. The summed E-state index contributed by atoms with van der Waals surface area (Å²) in [6.07, 6.45) is 5.58. The Kier molecular flexibility index (Phi) is 5.78. The molecular weight excluding hydrogens is 340 g/mol. The second-order valence-electron chi connectivity index (χ2n) is 8.05. The van der Waals surface area contributed by atoms with Crippen LogP contribution in [-0.2, 0) is 20.9 Å². The normalized spacial score (nSPS) is 22.9. The first kappa shape index (κ1) is 19.3. The zero-order valence-electron chi connectivity index (χ0n) is 16.3. The molecular formula is C22H28N2O3. The van der Waals surface area contributed by atoms with Crippen LogP contribution in [-0.4, -0.2) is 28.7 Å². The Labute approximate surface area is 160 Å². The third kappa shape index (κ3) is 4.12. The number of nitrogens with one attached hydrogen (secondary N) is 1. The van der Waals surface area contributed by atoms with Gasteiger partial charge in [-0.25, -0.2) is 0 Å². The second-order valence-corrected chi connectivity index (χ2v) is 8.05. The van der Waals surface area contributed by atoms with E-state index in [1.807, 2.05) is 57.2 Å². The molecule has 27 heavy (non-hydrogen) atoms. The largest absolute Gasteiger partial charge is 0.350 e. The molecule has 3 amide bonds. The van der Waals surface area contributed by atoms with Crippen molar-refractivity contribution >= 4 is 17.7 Å². The van der Waals surface area contributed by atoms with Crippen LogP contribution in [0.1, 0.15) is 44.2 Å². The van der Waals surface area contributed by atoms with Crippen molar-refractivity contribution in [3.8, 4) is 0 Å². The van der Waals surface area contributed by atoms with Crippen LogP contribution in [0.5, 0.6) is 0 Å². The third-order valence-corrected chi connectivity index (χ3v) is 5.44. The minimum atomic E-state index is -0.735. The van der Waals surface area contributed by atoms with Crippen molar-refractivity contribution in [2.75, 3.05) is 0 Å². The smallest absolute Gasteiger partial charge is 0.243 e. The number of allylic oxidation sites excluding steroid dienone is 2. The molecule has 0 saturated carbocycles. The van der Waals surface area contributed by atoms with E-state index in [0.29, 0.717) is 25.8 Å². The summed E-state index contributed by atoms with van der Waals surface area (Å²) in [5.41, 5.74) is 2.15. The van der Waals surface area contributed by atoms with Gasteiger partial charge in [0, 0.05) is 6.54 Å². The summed E-state index contributed by atoms with van der Waals surface area (Å²) < 4.78 is 0. The van der Waals surface area contributed by atoms with E-state index >= 15 is 0 Å². The number of carbonyl (C=O) groups excluding carboxylic acids is 3. The second kappa shape index (κ2) is 8.07. The van der Waals surface area contributed by atoms with Gasteiger partial charge in [-0.3, -0.25) is 19.3 Å². The van der Waals surface area contributed by atoms with Crippen LogP contribution in [0.4, 0.5) is 0 Å². The van der Waals surface area contributed by atoms with Crippen LogP contribution in [0.3, 0.4) is 0 Å². The fourth-order valence-electron chi connectivity index (χ4n) is 3.92. The molecule has 0 aromatic heterocycles. The maximum atomic E-state index is 12.9. The van der Waals surface area contributed by atoms with Gasteiger partial charge in [0.1, 0.15) is 6.04 Å². The summed E-state index contributed by atoms with van der Waals surface area (Å²) in [5, 5.41) is 2.92. The van der Waals surface area contributed by atoms with Crippen molar-refractivity contribution in [3.63, 3.8) is 0 Å². The zero-order chi connectivity index (χ0) is 19.6. The molecule has 0 radical (unpaired) electrons. The molecule has 5 heteroatoms. The maximum Gasteiger partial charge on any atom is 0.243 e. The van der Waals surface area contributed by atoms with E-state index in [1.54, 1.807) is 0 Å². The summed E-state index contributed by atoms with van der Waals surface area (Å²) in [4.78, 5) is 39.9. The number of likely N-dealkylation sites (tertiary alicyclic amines) is 1. The van der Waals surface area contributed by atoms with Gasteiger partial charge >= 0.3 is 0 Å². The summed E-state index contributed by atoms with van der Waals surface area (Å²) in [6, 6.07) is 7.20. The quantitative estimate of drug-likeness (QED) is 0.620. The lowest BCUT2D eigenvalue weighted by molar-refractivity contribution is -0.148. The van der Waals surface area contributed by atoms with Gasteiger partial charge in [0.05, 0.1) is 11.8 Å². The van der Waals surface area contributed by atoms with Crippen LogP contribution in [0, 0.1) is 24.7 Å². The lowest BCUT2D eigenvalue weighted by Crippen LogP contribution is -2.50. The van der Waals surface area contributed by atoms with E-state index in [1.165, 1.54) is 4.90 Å². The summed E-state index contributed by atoms with van der Waals surface area (Å²) in [5.74, 6) is -1.04. The Balaban J connectivity index is 1.75. The molecule has 0 spiro atoms. The predicted molar refractivity (Wildman–Crippen MR) is 103 cm³/mol. The van der Waals surface area contributed by atoms with Gasteiger partial charge in [-0.2, -0.15) is 0 Å². The molecule has 5 nitrogen and oxygen atoms in total. The molecule has 2 aliphatic rings. The number of amides is 3. The van der Waals surface area contributed by atoms with Gasteiger partial charge in [0.25, 0.3) is 0 Å². The zero-order valence-corrected chi connectivity index (χ0v) is 16.3. The average Bonchev–Trinajstić information content (AvgIpc) is 2.90. The summed E-state index contributed by atoms with van der Waals surface area (Å²) >= 11 is 0. The Morgan fingerprint density at radius 3 is 2.15 bits per heavy atom. The molecule has 1 aliphatic carbocycles. The van der Waals surface area contributed by atoms with E-state index < -0.39 is 6.04 Å². The molecule has 3 rings (SSSR count). The number of imide groups is 1. The highest BCUT2D eigenvalue weighted by molar-refractivity contribution is 6.08. The predicted octanol–water partition coefficient (Wildman–Crippen LogP) is 2.98. The van der Waals surface area contributed by atoms with Crippen LogP contribution >= 0.6 is 0 Å². The van der Waals surface area contributed by atoms with Gasteiger partial charge < -0.3 is 5.32 Å². The van der Waals surface area contributed by atoms with Gasteiger partial charge in [0.2, 0.25) is 17.7 Å². The molecule has 144 valence electrons. The van der Waals surface area contributed by atoms with Gasteiger partial charge in [0.15, 0.2) is 0 Å². The number of benzene rings is 1. The lowest BCUT2D eigenvalue weighted by atomic mass is 9.85. The first-order valence-corrected chi connectivity index (χ1v) is 9.73. The highest BCUT2D eigenvalue weighted by Crippen LogP contribution is 2.37. The number of hydrogen-bond acceptors (Lipinski definition) is 3. The van der Waals surface area contributed by atoms with E-state index in [-0.39, 0.29) is 35.5 Å². The lowest BCUT2D eigenvalue weighted by Gasteiger charge is -2.27. The highest BCUT2D eigenvalue weighted by atomic mass is 16.2. The van der Waals surface area contributed by atoms with Gasteiger partial charge in [-0.05, 0) is 37.7 Å². The van der Waals surface area contributed by atoms with Crippen LogP contribution < -0.4 is 5.32 Å². The molecule has 1 aromatic carbocycles. The van der Waals surface area contributed by atoms with Gasteiger partial charge in [-0.1, -0.05) is 55.8 Å². The molecule has 1 aromatic rings. The molecule has 1 N–H and O–H groups in total. The number of aryl methyl sites for hydroxylation is 1. The van der Waals surface area contributed by atoms with Crippen LogP contribution in [0.15, 0.2) is 36.4 Å². The topological polar surface area (TPSA) is 66.5 Å². The summed E-state index contributed by atoms with van der Waals surface area (Å²) in [7, 11) is 0. The van der Waals surface area contributed by atoms with E-state index in [9.17, 15) is 14.4 Å². The average molecular weight is 368 g/mol. The SMILES string of the molecule is Cc1ccc(CNC(=O)[C@H](CC(C)C)N2C(=O)[C@@H]3CC=CC[C@H]3C2=O)cc1. The van der Waals surface area contributed by atoms with Crippen molar-refractivity contribution < 1.29 is 14.4 Å². The molecule has 1 fully saturated rings. The molecule has 1 saturated heterocycles. The van der Waals surface area contributed by atoms with Crippen molar-refractivity contribution in [2.24, 2.45) is 17.8 Å². The number of carbonyl (C=O) groups is 3. The third-order valence-electron chi connectivity index (χ3n) is 5.44. The Bertz CT molecular complexity index is 725. The number of fused-ring (bicyclic) bond motifs is 1. The summed E-state index contributed by atoms with van der Waals surface area (Å²) in [6.45, 7) is 6.40.